The molecule has 0 spiro atoms. The van der Waals surface area contributed by atoms with Gasteiger partial charge >= 0.3 is 5.97 Å². The molecule has 0 N–H and O–H groups in total. The van der Waals surface area contributed by atoms with Crippen LogP contribution in [0.25, 0.3) is 0 Å². The number of hydrogen-bond donors (Lipinski definition) is 0. The molecule has 0 aromatic carbocycles. The van der Waals surface area contributed by atoms with Gasteiger partial charge < -0.3 is 0 Å². The van der Waals surface area contributed by atoms with E-state index in [1.54, 1.807) is 0 Å². The van der Waals surface area contributed by atoms with Crippen molar-refractivity contribution in [2.45, 2.75) is 19.8 Å². The molecule has 0 unspecified atom stereocenters. The fourth-order valence-corrected chi connectivity index (χ4v) is 0.564. The summed E-state index contributed by atoms with van der Waals surface area (Å²) in [7, 11) is 0. The number of aliphatic imine (C=N–C) groups is 1. The maximum absolute atomic E-state index is 10.8. The highest BCUT2D eigenvalue weighted by Crippen LogP contribution is 1.95. The van der Waals surface area contributed by atoms with Crippen LogP contribution in [-0.2, 0) is 19.4 Å². The topological polar surface area (TPSA) is 65.0 Å². The van der Waals surface area contributed by atoms with E-state index in [0.29, 0.717) is 19.4 Å². The van der Waals surface area contributed by atoms with Gasteiger partial charge in [-0.25, -0.2) is 14.6 Å². The van der Waals surface area contributed by atoms with E-state index < -0.39 is 5.97 Å². The van der Waals surface area contributed by atoms with E-state index in [9.17, 15) is 9.59 Å². The predicted octanol–water partition coefficient (Wildman–Crippen LogP) is 1.15. The Labute approximate surface area is 82.3 Å². The van der Waals surface area contributed by atoms with E-state index in [4.69, 9.17) is 0 Å². The second-order valence-electron chi connectivity index (χ2n) is 2.65. The average Bonchev–Trinajstić information content (AvgIpc) is 2.16. The van der Waals surface area contributed by atoms with Gasteiger partial charge in [-0.05, 0) is 19.8 Å². The maximum atomic E-state index is 10.8. The van der Waals surface area contributed by atoms with Crippen LogP contribution in [0.15, 0.2) is 17.1 Å². The maximum Gasteiger partial charge on any atom is 0.368 e. The second kappa shape index (κ2) is 8.16. The molecule has 0 bridgehead atoms. The van der Waals surface area contributed by atoms with Gasteiger partial charge in [-0.15, -0.1) is 0 Å². The molecule has 78 valence electrons. The van der Waals surface area contributed by atoms with E-state index in [1.807, 2.05) is 0 Å². The Morgan fingerprint density at radius 2 is 2.21 bits per heavy atom. The first-order chi connectivity index (χ1) is 6.68. The van der Waals surface area contributed by atoms with Gasteiger partial charge in [-0.1, -0.05) is 6.58 Å². The molecule has 5 heteroatoms. The van der Waals surface area contributed by atoms with E-state index >= 15 is 0 Å². The Morgan fingerprint density at radius 3 is 2.79 bits per heavy atom. The van der Waals surface area contributed by atoms with Crippen LogP contribution in [0.3, 0.4) is 0 Å². The summed E-state index contributed by atoms with van der Waals surface area (Å²) in [5.41, 5.74) is 0.288. The van der Waals surface area contributed by atoms with Crippen molar-refractivity contribution >= 4 is 12.0 Å². The summed E-state index contributed by atoms with van der Waals surface area (Å²) in [6, 6.07) is 0. The Bertz CT molecular complexity index is 243. The van der Waals surface area contributed by atoms with Crippen LogP contribution < -0.4 is 0 Å². The zero-order chi connectivity index (χ0) is 10.8. The van der Waals surface area contributed by atoms with Crippen molar-refractivity contribution in [1.29, 1.82) is 0 Å². The number of rotatable bonds is 7. The van der Waals surface area contributed by atoms with Gasteiger partial charge in [0.05, 0.1) is 13.2 Å². The average molecular weight is 199 g/mol. The Balaban J connectivity index is 3.25. The third-order valence-electron chi connectivity index (χ3n) is 1.30. The third-order valence-corrected chi connectivity index (χ3v) is 1.30. The first kappa shape index (κ1) is 12.6. The second-order valence-corrected chi connectivity index (χ2v) is 2.65. The molecule has 0 aromatic heterocycles. The summed E-state index contributed by atoms with van der Waals surface area (Å²) in [4.78, 5) is 32.7. The number of isocyanates is 1. The lowest BCUT2D eigenvalue weighted by atomic mass is 10.3. The molecule has 0 amide bonds. The molecule has 0 saturated heterocycles. The van der Waals surface area contributed by atoms with Crippen LogP contribution in [0.2, 0.25) is 0 Å². The van der Waals surface area contributed by atoms with Crippen molar-refractivity contribution in [3.63, 3.8) is 0 Å². The summed E-state index contributed by atoms with van der Waals surface area (Å²) < 4.78 is 0. The Kier molecular flexibility index (Phi) is 7.32. The molecule has 5 nitrogen and oxygen atoms in total. The van der Waals surface area contributed by atoms with Gasteiger partial charge in [0.1, 0.15) is 0 Å². The van der Waals surface area contributed by atoms with Crippen LogP contribution >= 0.6 is 0 Å². The van der Waals surface area contributed by atoms with Crippen molar-refractivity contribution in [3.05, 3.63) is 12.2 Å². The smallest absolute Gasteiger partial charge is 0.293 e. The summed E-state index contributed by atoms with van der Waals surface area (Å²) in [5.74, 6) is -0.573. The molecule has 0 aliphatic rings. The summed E-state index contributed by atoms with van der Waals surface area (Å²) >= 11 is 0. The standard InChI is InChI=1S/C9H13NO4/c1-8(2)9(12)14-13-6-4-3-5-10-7-11/h1,3-6H2,2H3. The van der Waals surface area contributed by atoms with Crippen molar-refractivity contribution in [2.24, 2.45) is 4.99 Å². The summed E-state index contributed by atoms with van der Waals surface area (Å²) in [5, 5.41) is 0. The first-order valence-corrected chi connectivity index (χ1v) is 4.21. The summed E-state index contributed by atoms with van der Waals surface area (Å²) in [6.45, 7) is 5.62. The van der Waals surface area contributed by atoms with Gasteiger partial charge in [-0.3, -0.25) is 4.89 Å². The Morgan fingerprint density at radius 1 is 1.50 bits per heavy atom. The highest BCUT2D eigenvalue weighted by Gasteiger charge is 2.02. The molecular formula is C9H13NO4. The van der Waals surface area contributed by atoms with Crippen molar-refractivity contribution < 1.29 is 19.4 Å². The minimum absolute atomic E-state index is 0.285. The van der Waals surface area contributed by atoms with Crippen molar-refractivity contribution in [2.75, 3.05) is 13.2 Å². The molecule has 0 aliphatic heterocycles. The third kappa shape index (κ3) is 7.21. The van der Waals surface area contributed by atoms with E-state index in [0.717, 1.165) is 0 Å². The molecule has 0 saturated carbocycles. The van der Waals surface area contributed by atoms with Crippen molar-refractivity contribution in [3.8, 4) is 0 Å². The normalized spacial score (nSPS) is 8.93. The molecule has 0 radical (unpaired) electrons. The van der Waals surface area contributed by atoms with Gasteiger partial charge in [0.2, 0.25) is 6.08 Å². The number of hydrogen-bond acceptors (Lipinski definition) is 5. The lowest BCUT2D eigenvalue weighted by molar-refractivity contribution is -0.268. The predicted molar refractivity (Wildman–Crippen MR) is 49.1 cm³/mol. The quantitative estimate of drug-likeness (QED) is 0.154. The first-order valence-electron chi connectivity index (χ1n) is 4.21. The molecule has 0 aromatic rings. The molecule has 0 heterocycles. The fraction of sp³-hybridized carbons (Fsp3) is 0.556. The lowest BCUT2D eigenvalue weighted by Gasteiger charge is -2.01. The van der Waals surface area contributed by atoms with Gasteiger partial charge in [-0.2, -0.15) is 4.89 Å². The minimum atomic E-state index is -0.573. The van der Waals surface area contributed by atoms with Crippen LogP contribution in [0.1, 0.15) is 19.8 Å². The minimum Gasteiger partial charge on any atom is -0.293 e. The molecular weight excluding hydrogens is 186 g/mol. The van der Waals surface area contributed by atoms with Crippen LogP contribution in [0, 0.1) is 0 Å². The molecule has 0 fully saturated rings. The molecule has 0 aliphatic carbocycles. The highest BCUT2D eigenvalue weighted by molar-refractivity contribution is 5.86. The van der Waals surface area contributed by atoms with E-state index in [2.05, 4.69) is 21.3 Å². The molecule has 0 rings (SSSR count). The zero-order valence-electron chi connectivity index (χ0n) is 8.12. The van der Waals surface area contributed by atoms with E-state index in [1.165, 1.54) is 13.0 Å². The number of nitrogens with zero attached hydrogens (tertiary/aromatic N) is 1. The number of carbonyl (C=O) groups is 1. The monoisotopic (exact) mass is 199 g/mol. The van der Waals surface area contributed by atoms with Gasteiger partial charge in [0, 0.05) is 5.57 Å². The van der Waals surface area contributed by atoms with Gasteiger partial charge in [0.15, 0.2) is 0 Å². The van der Waals surface area contributed by atoms with E-state index in [-0.39, 0.29) is 12.2 Å². The van der Waals surface area contributed by atoms with Crippen molar-refractivity contribution in [1.82, 2.24) is 0 Å². The molecule has 14 heavy (non-hydrogen) atoms. The van der Waals surface area contributed by atoms with Crippen LogP contribution in [-0.4, -0.2) is 25.2 Å². The number of carbonyl (C=O) groups excluding carboxylic acids is 2. The molecule has 0 atom stereocenters. The zero-order valence-corrected chi connectivity index (χ0v) is 8.12. The highest BCUT2D eigenvalue weighted by atomic mass is 17.2. The SMILES string of the molecule is C=C(C)C(=O)OOCCCCN=C=O. The van der Waals surface area contributed by atoms with Crippen LogP contribution in [0.4, 0.5) is 0 Å². The fourth-order valence-electron chi connectivity index (χ4n) is 0.564. The largest absolute Gasteiger partial charge is 0.368 e. The Hall–Kier alpha value is -1.45. The van der Waals surface area contributed by atoms with Gasteiger partial charge in [0.25, 0.3) is 0 Å². The lowest BCUT2D eigenvalue weighted by Crippen LogP contribution is -2.06. The number of unbranched alkanes of at least 4 members (excludes halogenated alkanes) is 1. The van der Waals surface area contributed by atoms with Crippen LogP contribution in [0.5, 0.6) is 0 Å². The summed E-state index contributed by atoms with van der Waals surface area (Å²) in [6.07, 6.45) is 2.78.